The first-order chi connectivity index (χ1) is 8.79. The number of carbonyl (C=O) groups excluding carboxylic acids is 1. The maximum atomic E-state index is 12.0. The van der Waals surface area contributed by atoms with Crippen LogP contribution in [0.5, 0.6) is 5.75 Å². The van der Waals surface area contributed by atoms with Gasteiger partial charge in [-0.3, -0.25) is 4.79 Å². The Morgan fingerprint density at radius 3 is 2.74 bits per heavy atom. The van der Waals surface area contributed by atoms with Crippen molar-refractivity contribution in [3.63, 3.8) is 0 Å². The first-order valence-corrected chi connectivity index (χ1v) is 5.86. The third kappa shape index (κ3) is 5.65. The summed E-state index contributed by atoms with van der Waals surface area (Å²) < 4.78 is 28.9. The molecule has 0 aliphatic carbocycles. The molecule has 19 heavy (non-hydrogen) atoms. The topological polar surface area (TPSA) is 64.4 Å². The van der Waals surface area contributed by atoms with E-state index >= 15 is 0 Å². The zero-order chi connectivity index (χ0) is 14.5. The normalized spacial score (nSPS) is 11.5. The monoisotopic (exact) mass is 272 g/mol. The number of halogens is 2. The van der Waals surface area contributed by atoms with Crippen molar-refractivity contribution in [1.29, 1.82) is 0 Å². The van der Waals surface area contributed by atoms with Crippen LogP contribution in [0.1, 0.15) is 19.4 Å². The summed E-state index contributed by atoms with van der Waals surface area (Å²) in [6, 6.07) is 6.63. The summed E-state index contributed by atoms with van der Waals surface area (Å²) in [5, 5.41) is 2.66. The smallest absolute Gasteiger partial charge is 0.272 e. The number of nitrogens with one attached hydrogen (secondary N) is 1. The molecule has 0 spiro atoms. The molecule has 0 unspecified atom stereocenters. The highest BCUT2D eigenvalue weighted by molar-refractivity contribution is 5.84. The van der Waals surface area contributed by atoms with Crippen molar-refractivity contribution in [2.75, 3.05) is 6.61 Å². The van der Waals surface area contributed by atoms with Crippen LogP contribution in [0.4, 0.5) is 8.78 Å². The van der Waals surface area contributed by atoms with Gasteiger partial charge in [-0.2, -0.15) is 0 Å². The highest BCUT2D eigenvalue weighted by atomic mass is 19.3. The second-order valence-electron chi connectivity index (χ2n) is 4.75. The minimum absolute atomic E-state index is 0.269. The van der Waals surface area contributed by atoms with Gasteiger partial charge in [0.25, 0.3) is 6.43 Å². The summed E-state index contributed by atoms with van der Waals surface area (Å²) in [4.78, 5) is 11.6. The molecule has 0 aliphatic heterocycles. The van der Waals surface area contributed by atoms with Crippen LogP contribution >= 0.6 is 0 Å². The van der Waals surface area contributed by atoms with E-state index in [1.54, 1.807) is 38.1 Å². The van der Waals surface area contributed by atoms with E-state index in [0.29, 0.717) is 5.75 Å². The van der Waals surface area contributed by atoms with Gasteiger partial charge in [-0.1, -0.05) is 12.1 Å². The van der Waals surface area contributed by atoms with Gasteiger partial charge in [-0.25, -0.2) is 8.78 Å². The molecule has 0 aromatic heterocycles. The van der Waals surface area contributed by atoms with Crippen molar-refractivity contribution in [1.82, 2.24) is 5.32 Å². The standard InChI is InChI=1S/C13H18F2N2O2/c1-13(2,16)12(18)17-7-9-4-3-5-10(6-9)19-8-11(14)15/h3-6,11H,7-8,16H2,1-2H3,(H,17,18). The van der Waals surface area contributed by atoms with Gasteiger partial charge in [0.05, 0.1) is 5.54 Å². The van der Waals surface area contributed by atoms with E-state index < -0.39 is 18.6 Å². The lowest BCUT2D eigenvalue weighted by Gasteiger charge is -2.17. The molecule has 0 radical (unpaired) electrons. The van der Waals surface area contributed by atoms with Gasteiger partial charge in [-0.15, -0.1) is 0 Å². The molecule has 0 atom stereocenters. The Bertz CT molecular complexity index is 431. The maximum absolute atomic E-state index is 12.0. The summed E-state index contributed by atoms with van der Waals surface area (Å²) in [5.74, 6) is 0.0606. The molecular weight excluding hydrogens is 254 g/mol. The fraction of sp³-hybridized carbons (Fsp3) is 0.462. The number of amides is 1. The molecule has 0 saturated heterocycles. The number of hydrogen-bond acceptors (Lipinski definition) is 3. The molecule has 0 aliphatic rings. The second-order valence-corrected chi connectivity index (χ2v) is 4.75. The predicted octanol–water partition coefficient (Wildman–Crippen LogP) is 1.68. The highest BCUT2D eigenvalue weighted by Crippen LogP contribution is 2.14. The molecule has 0 fully saturated rings. The third-order valence-electron chi connectivity index (χ3n) is 2.31. The molecule has 0 bridgehead atoms. The van der Waals surface area contributed by atoms with Crippen LogP contribution in [0.2, 0.25) is 0 Å². The number of ether oxygens (including phenoxy) is 1. The van der Waals surface area contributed by atoms with Crippen molar-refractivity contribution in [2.24, 2.45) is 5.73 Å². The predicted molar refractivity (Wildman–Crippen MR) is 68.1 cm³/mol. The lowest BCUT2D eigenvalue weighted by Crippen LogP contribution is -2.48. The van der Waals surface area contributed by atoms with E-state index in [1.165, 1.54) is 0 Å². The summed E-state index contributed by atoms with van der Waals surface area (Å²) in [7, 11) is 0. The number of benzene rings is 1. The van der Waals surface area contributed by atoms with E-state index in [1.807, 2.05) is 0 Å². The van der Waals surface area contributed by atoms with E-state index in [0.717, 1.165) is 5.56 Å². The zero-order valence-corrected chi connectivity index (χ0v) is 11.0. The van der Waals surface area contributed by atoms with Crippen molar-refractivity contribution in [3.05, 3.63) is 29.8 Å². The van der Waals surface area contributed by atoms with E-state index in [4.69, 9.17) is 10.5 Å². The summed E-state index contributed by atoms with van der Waals surface area (Å²) in [6.07, 6.45) is -2.51. The Labute approximate surface area is 110 Å². The van der Waals surface area contributed by atoms with Crippen LogP contribution in [0.25, 0.3) is 0 Å². The van der Waals surface area contributed by atoms with E-state index in [-0.39, 0.29) is 12.5 Å². The zero-order valence-electron chi connectivity index (χ0n) is 11.0. The third-order valence-corrected chi connectivity index (χ3v) is 2.31. The highest BCUT2D eigenvalue weighted by Gasteiger charge is 2.21. The first-order valence-electron chi connectivity index (χ1n) is 5.86. The van der Waals surface area contributed by atoms with E-state index in [9.17, 15) is 13.6 Å². The van der Waals surface area contributed by atoms with Crippen LogP contribution in [0.3, 0.4) is 0 Å². The summed E-state index contributed by atoms with van der Waals surface area (Å²) in [6.45, 7) is 2.83. The maximum Gasteiger partial charge on any atom is 0.272 e. The van der Waals surface area contributed by atoms with Crippen LogP contribution in [-0.2, 0) is 11.3 Å². The van der Waals surface area contributed by atoms with Crippen molar-refractivity contribution < 1.29 is 18.3 Å². The molecule has 4 nitrogen and oxygen atoms in total. The average molecular weight is 272 g/mol. The largest absolute Gasteiger partial charge is 0.488 e. The molecule has 3 N–H and O–H groups in total. The van der Waals surface area contributed by atoms with Crippen LogP contribution < -0.4 is 15.8 Å². The average Bonchev–Trinajstić information content (AvgIpc) is 2.32. The molecule has 1 amide bonds. The lowest BCUT2D eigenvalue weighted by molar-refractivity contribution is -0.125. The number of rotatable bonds is 6. The molecular formula is C13H18F2N2O2. The van der Waals surface area contributed by atoms with Gasteiger partial charge >= 0.3 is 0 Å². The molecule has 1 rings (SSSR count). The van der Waals surface area contributed by atoms with Gasteiger partial charge < -0.3 is 15.8 Å². The molecule has 106 valence electrons. The summed E-state index contributed by atoms with van der Waals surface area (Å²) in [5.41, 5.74) is 5.43. The Morgan fingerprint density at radius 1 is 1.47 bits per heavy atom. The van der Waals surface area contributed by atoms with Crippen molar-refractivity contribution in [2.45, 2.75) is 32.4 Å². The molecule has 6 heteroatoms. The number of carbonyl (C=O) groups is 1. The van der Waals surface area contributed by atoms with Crippen LogP contribution in [-0.4, -0.2) is 24.5 Å². The lowest BCUT2D eigenvalue weighted by atomic mass is 10.1. The minimum Gasteiger partial charge on any atom is -0.488 e. The van der Waals surface area contributed by atoms with Gasteiger partial charge in [0, 0.05) is 6.54 Å². The first kappa shape index (κ1) is 15.4. The van der Waals surface area contributed by atoms with Gasteiger partial charge in [0.1, 0.15) is 12.4 Å². The van der Waals surface area contributed by atoms with Gasteiger partial charge in [0.2, 0.25) is 5.91 Å². The Morgan fingerprint density at radius 2 is 2.16 bits per heavy atom. The SMILES string of the molecule is CC(C)(N)C(=O)NCc1cccc(OCC(F)F)c1. The molecule has 1 aromatic carbocycles. The fourth-order valence-corrected chi connectivity index (χ4v) is 1.31. The van der Waals surface area contributed by atoms with Crippen molar-refractivity contribution in [3.8, 4) is 5.75 Å². The van der Waals surface area contributed by atoms with Crippen LogP contribution in [0, 0.1) is 0 Å². The van der Waals surface area contributed by atoms with Gasteiger partial charge in [-0.05, 0) is 31.5 Å². The van der Waals surface area contributed by atoms with E-state index in [2.05, 4.69) is 5.32 Å². The Kier molecular flexibility index (Phi) is 5.23. The Balaban J connectivity index is 2.55. The minimum atomic E-state index is -2.51. The molecule has 0 heterocycles. The van der Waals surface area contributed by atoms with Crippen molar-refractivity contribution >= 4 is 5.91 Å². The second kappa shape index (κ2) is 6.47. The quantitative estimate of drug-likeness (QED) is 0.828. The molecule has 0 saturated carbocycles. The van der Waals surface area contributed by atoms with Crippen LogP contribution in [0.15, 0.2) is 24.3 Å². The number of nitrogens with two attached hydrogens (primary N) is 1. The Hall–Kier alpha value is -1.69. The fourth-order valence-electron chi connectivity index (χ4n) is 1.31. The summed E-state index contributed by atoms with van der Waals surface area (Å²) >= 11 is 0. The number of alkyl halides is 2. The number of hydrogen-bond donors (Lipinski definition) is 2. The van der Waals surface area contributed by atoms with Gasteiger partial charge in [0.15, 0.2) is 0 Å². The molecule has 1 aromatic rings.